The van der Waals surface area contributed by atoms with Crippen molar-refractivity contribution in [2.24, 2.45) is 10.2 Å². The van der Waals surface area contributed by atoms with Crippen LogP contribution in [0.5, 0.6) is 0 Å². The molecular weight excluding hydrogens is 340 g/mol. The van der Waals surface area contributed by atoms with Crippen LogP contribution in [0.4, 0.5) is 0 Å². The normalized spacial score (nSPS) is 14.1. The van der Waals surface area contributed by atoms with Gasteiger partial charge in [-0.3, -0.25) is 0 Å². The van der Waals surface area contributed by atoms with Gasteiger partial charge in [0.05, 0.1) is 18.0 Å². The maximum atomic E-state index is 12.4. The van der Waals surface area contributed by atoms with Gasteiger partial charge in [0.25, 0.3) is 0 Å². The lowest BCUT2D eigenvalue weighted by Crippen LogP contribution is -2.16. The van der Waals surface area contributed by atoms with E-state index in [0.717, 1.165) is 5.69 Å². The first kappa shape index (κ1) is 17.2. The van der Waals surface area contributed by atoms with Gasteiger partial charge in [0.2, 0.25) is 0 Å². The predicted molar refractivity (Wildman–Crippen MR) is 93.9 cm³/mol. The molecule has 0 amide bonds. The molecule has 1 aromatic heterocycles. The number of carbonyl (C=O) groups excluding carboxylic acids is 1. The Morgan fingerprint density at radius 3 is 2.68 bits per heavy atom. The van der Waals surface area contributed by atoms with Crippen LogP contribution in [0.25, 0.3) is 5.69 Å². The monoisotopic (exact) mass is 356 g/mol. The molecule has 0 aliphatic carbocycles. The Kier molecular flexibility index (Phi) is 4.86. The number of nitrogens with zero attached hydrogens (tertiary/aromatic N) is 4. The number of para-hydroxylation sites is 1. The molecule has 0 spiro atoms. The van der Waals surface area contributed by atoms with E-state index in [-0.39, 0.29) is 17.3 Å². The zero-order valence-electron chi connectivity index (χ0n) is 13.8. The van der Waals surface area contributed by atoms with Crippen molar-refractivity contribution in [3.63, 3.8) is 0 Å². The summed E-state index contributed by atoms with van der Waals surface area (Å²) >= 11 is 6.35. The molecule has 0 bridgehead atoms. The third kappa shape index (κ3) is 3.72. The van der Waals surface area contributed by atoms with Crippen LogP contribution in [-0.4, -0.2) is 28.0 Å². The van der Waals surface area contributed by atoms with E-state index in [1.165, 1.54) is 4.68 Å². The summed E-state index contributed by atoms with van der Waals surface area (Å²) < 4.78 is 6.87. The molecule has 0 saturated heterocycles. The molecule has 0 saturated carbocycles. The number of aromatic nitrogens is 2. The second-order valence-electron chi connectivity index (χ2n) is 5.77. The van der Waals surface area contributed by atoms with E-state index in [1.54, 1.807) is 6.92 Å². The van der Waals surface area contributed by atoms with Crippen molar-refractivity contribution in [1.29, 1.82) is 0 Å². The average molecular weight is 357 g/mol. The average Bonchev–Trinajstić information content (AvgIpc) is 3.32. The predicted octanol–water partition coefficient (Wildman–Crippen LogP) is 3.96. The minimum Gasteiger partial charge on any atom is -0.462 e. The largest absolute Gasteiger partial charge is 0.462 e. The quantitative estimate of drug-likeness (QED) is 0.557. The molecule has 2 aromatic rings. The molecule has 1 aliphatic heterocycles. The van der Waals surface area contributed by atoms with Crippen LogP contribution in [0.2, 0.25) is 5.15 Å². The van der Waals surface area contributed by atoms with Crippen molar-refractivity contribution in [3.05, 3.63) is 46.7 Å². The molecule has 25 heavy (non-hydrogen) atoms. The molecule has 0 fully saturated rings. The molecule has 7 heteroatoms. The number of esters is 1. The van der Waals surface area contributed by atoms with Crippen molar-refractivity contribution in [1.82, 2.24) is 9.78 Å². The smallest absolute Gasteiger partial charge is 0.343 e. The van der Waals surface area contributed by atoms with Gasteiger partial charge in [-0.25, -0.2) is 9.48 Å². The molecule has 1 aromatic carbocycles. The summed E-state index contributed by atoms with van der Waals surface area (Å²) in [6.45, 7) is 1.92. The minimum atomic E-state index is -0.502. The van der Waals surface area contributed by atoms with E-state index < -0.39 is 11.6 Å². The summed E-state index contributed by atoms with van der Waals surface area (Å²) in [6, 6.07) is 9.36. The fourth-order valence-electron chi connectivity index (χ4n) is 2.52. The van der Waals surface area contributed by atoms with Gasteiger partial charge in [0.1, 0.15) is 10.7 Å². The standard InChI is InChI=1S/C18H17ClN4O2/c1-3-4-10-18(21-22-18)11-12-25-17(24)15-13(2)20-23(16(15)19)14-8-6-5-7-9-14/h1,5-9H,4,10-12H2,2H3. The fourth-order valence-corrected chi connectivity index (χ4v) is 2.87. The first-order chi connectivity index (χ1) is 12.1. The Labute approximate surface area is 150 Å². The second-order valence-corrected chi connectivity index (χ2v) is 6.13. The summed E-state index contributed by atoms with van der Waals surface area (Å²) in [5.74, 6) is 2.06. The zero-order chi connectivity index (χ0) is 17.9. The van der Waals surface area contributed by atoms with Gasteiger partial charge in [0.15, 0.2) is 5.66 Å². The lowest BCUT2D eigenvalue weighted by molar-refractivity contribution is 0.0486. The molecule has 0 unspecified atom stereocenters. The molecule has 0 N–H and O–H groups in total. The van der Waals surface area contributed by atoms with Crippen LogP contribution in [0.15, 0.2) is 40.6 Å². The SMILES string of the molecule is C#CCCC1(CCOC(=O)c2c(C)nn(-c3ccccc3)c2Cl)N=N1. The van der Waals surface area contributed by atoms with Crippen molar-refractivity contribution in [2.45, 2.75) is 31.8 Å². The first-order valence-electron chi connectivity index (χ1n) is 7.91. The van der Waals surface area contributed by atoms with E-state index in [9.17, 15) is 4.79 Å². The third-order valence-corrected chi connectivity index (χ3v) is 4.35. The highest BCUT2D eigenvalue weighted by Gasteiger charge is 2.39. The maximum Gasteiger partial charge on any atom is 0.343 e. The third-order valence-electron chi connectivity index (χ3n) is 4.00. The van der Waals surface area contributed by atoms with E-state index in [2.05, 4.69) is 21.2 Å². The van der Waals surface area contributed by atoms with Gasteiger partial charge in [-0.05, 0) is 19.1 Å². The Morgan fingerprint density at radius 1 is 1.32 bits per heavy atom. The number of rotatable bonds is 7. The van der Waals surface area contributed by atoms with E-state index in [1.807, 2.05) is 30.3 Å². The Balaban J connectivity index is 1.65. The zero-order valence-corrected chi connectivity index (χ0v) is 14.5. The number of benzene rings is 1. The van der Waals surface area contributed by atoms with E-state index in [4.69, 9.17) is 22.8 Å². The Hall–Kier alpha value is -2.65. The Bertz CT molecular complexity index is 846. The summed E-state index contributed by atoms with van der Waals surface area (Å²) in [5, 5.41) is 12.6. The van der Waals surface area contributed by atoms with Gasteiger partial charge in [-0.2, -0.15) is 15.3 Å². The van der Waals surface area contributed by atoms with Gasteiger partial charge in [-0.15, -0.1) is 12.3 Å². The van der Waals surface area contributed by atoms with E-state index >= 15 is 0 Å². The number of halogens is 1. The number of carbonyl (C=O) groups is 1. The molecule has 3 rings (SSSR count). The lowest BCUT2D eigenvalue weighted by Gasteiger charge is -2.09. The molecule has 2 heterocycles. The number of aryl methyl sites for hydroxylation is 1. The van der Waals surface area contributed by atoms with Crippen LogP contribution in [0, 0.1) is 19.3 Å². The van der Waals surface area contributed by atoms with Crippen molar-refractivity contribution >= 4 is 17.6 Å². The number of hydrogen-bond donors (Lipinski definition) is 0. The second kappa shape index (κ2) is 7.08. The molecule has 6 nitrogen and oxygen atoms in total. The Morgan fingerprint density at radius 2 is 2.04 bits per heavy atom. The van der Waals surface area contributed by atoms with Gasteiger partial charge < -0.3 is 4.74 Å². The van der Waals surface area contributed by atoms with Crippen LogP contribution < -0.4 is 0 Å². The fraction of sp³-hybridized carbons (Fsp3) is 0.333. The van der Waals surface area contributed by atoms with Crippen molar-refractivity contribution in [3.8, 4) is 18.0 Å². The van der Waals surface area contributed by atoms with E-state index in [0.29, 0.717) is 25.0 Å². The number of hydrogen-bond acceptors (Lipinski definition) is 5. The highest BCUT2D eigenvalue weighted by molar-refractivity contribution is 6.33. The van der Waals surface area contributed by atoms with Gasteiger partial charge >= 0.3 is 5.97 Å². The van der Waals surface area contributed by atoms with Crippen LogP contribution in [0.1, 0.15) is 35.3 Å². The maximum absolute atomic E-state index is 12.4. The molecule has 0 atom stereocenters. The summed E-state index contributed by atoms with van der Waals surface area (Å²) in [5.41, 5.74) is 1.09. The summed E-state index contributed by atoms with van der Waals surface area (Å²) in [6.07, 6.45) is 7.04. The first-order valence-corrected chi connectivity index (χ1v) is 8.29. The highest BCUT2D eigenvalue weighted by Crippen LogP contribution is 2.36. The summed E-state index contributed by atoms with van der Waals surface area (Å²) in [4.78, 5) is 12.4. The van der Waals surface area contributed by atoms with Gasteiger partial charge in [-0.1, -0.05) is 29.8 Å². The molecular formula is C18H17ClN4O2. The number of ether oxygens (including phenoxy) is 1. The molecule has 1 aliphatic rings. The van der Waals surface area contributed by atoms with Crippen LogP contribution in [-0.2, 0) is 4.74 Å². The molecule has 0 radical (unpaired) electrons. The topological polar surface area (TPSA) is 68.8 Å². The van der Waals surface area contributed by atoms with Crippen molar-refractivity contribution in [2.75, 3.05) is 6.61 Å². The summed E-state index contributed by atoms with van der Waals surface area (Å²) in [7, 11) is 0. The van der Waals surface area contributed by atoms with Crippen LogP contribution in [0.3, 0.4) is 0 Å². The minimum absolute atomic E-state index is 0.197. The van der Waals surface area contributed by atoms with Crippen LogP contribution >= 0.6 is 11.6 Å². The number of terminal acetylenes is 1. The molecule has 128 valence electrons. The highest BCUT2D eigenvalue weighted by atomic mass is 35.5. The lowest BCUT2D eigenvalue weighted by atomic mass is 10.1. The van der Waals surface area contributed by atoms with Crippen molar-refractivity contribution < 1.29 is 9.53 Å². The van der Waals surface area contributed by atoms with Gasteiger partial charge in [0, 0.05) is 19.3 Å².